The van der Waals surface area contributed by atoms with E-state index in [1.54, 1.807) is 0 Å². The zero-order valence-corrected chi connectivity index (χ0v) is 15.1. The summed E-state index contributed by atoms with van der Waals surface area (Å²) in [5, 5.41) is 2.15. The van der Waals surface area contributed by atoms with Crippen LogP contribution in [0.15, 0.2) is 15.9 Å². The third-order valence-electron chi connectivity index (χ3n) is 4.27. The molecule has 0 aliphatic carbocycles. The highest BCUT2D eigenvalue weighted by Crippen LogP contribution is 2.32. The highest BCUT2D eigenvalue weighted by Gasteiger charge is 2.28. The van der Waals surface area contributed by atoms with E-state index in [0.717, 1.165) is 18.9 Å². The third-order valence-corrected chi connectivity index (χ3v) is 6.03. The van der Waals surface area contributed by atoms with Crippen molar-refractivity contribution in [2.75, 3.05) is 33.7 Å². The maximum atomic E-state index is 6.40. The molecule has 2 rings (SSSR count). The van der Waals surface area contributed by atoms with Crippen LogP contribution in [0, 0.1) is 5.92 Å². The summed E-state index contributed by atoms with van der Waals surface area (Å²) in [5.74, 6) is 0.778. The Morgan fingerprint density at radius 1 is 1.60 bits per heavy atom. The summed E-state index contributed by atoms with van der Waals surface area (Å²) in [4.78, 5) is 6.27. The maximum Gasteiger partial charge on any atom is 0.0591 e. The molecule has 1 aliphatic heterocycles. The second-order valence-corrected chi connectivity index (χ2v) is 7.90. The van der Waals surface area contributed by atoms with Gasteiger partial charge >= 0.3 is 0 Å². The third kappa shape index (κ3) is 4.04. The summed E-state index contributed by atoms with van der Waals surface area (Å²) in [5.41, 5.74) is 6.40. The van der Waals surface area contributed by atoms with Gasteiger partial charge < -0.3 is 10.6 Å². The van der Waals surface area contributed by atoms with Gasteiger partial charge in [-0.3, -0.25) is 4.90 Å². The van der Waals surface area contributed by atoms with Gasteiger partial charge in [-0.05, 0) is 61.4 Å². The number of nitrogens with zero attached hydrogens (tertiary/aromatic N) is 2. The van der Waals surface area contributed by atoms with E-state index in [1.807, 2.05) is 11.3 Å². The number of hydrogen-bond acceptors (Lipinski definition) is 4. The molecule has 1 saturated heterocycles. The highest BCUT2D eigenvalue weighted by atomic mass is 79.9. The van der Waals surface area contributed by atoms with E-state index in [9.17, 15) is 0 Å². The molecule has 114 valence electrons. The van der Waals surface area contributed by atoms with E-state index in [2.05, 4.69) is 58.2 Å². The van der Waals surface area contributed by atoms with Crippen molar-refractivity contribution in [1.82, 2.24) is 9.80 Å². The summed E-state index contributed by atoms with van der Waals surface area (Å²) in [6.45, 7) is 5.76. The Hall–Kier alpha value is 0.0600. The molecular formula is C15H26BrN3S. The molecule has 0 aromatic carbocycles. The molecule has 2 N–H and O–H groups in total. The molecule has 5 heteroatoms. The van der Waals surface area contributed by atoms with Crippen molar-refractivity contribution in [1.29, 1.82) is 0 Å². The van der Waals surface area contributed by atoms with Gasteiger partial charge in [-0.25, -0.2) is 0 Å². The zero-order valence-electron chi connectivity index (χ0n) is 12.7. The Kier molecular flexibility index (Phi) is 6.05. The number of likely N-dealkylation sites (N-methyl/N-ethyl adjacent to an activating group) is 1. The smallest absolute Gasteiger partial charge is 0.0591 e. The lowest BCUT2D eigenvalue weighted by Crippen LogP contribution is -2.40. The monoisotopic (exact) mass is 359 g/mol. The van der Waals surface area contributed by atoms with Gasteiger partial charge in [0.15, 0.2) is 0 Å². The van der Waals surface area contributed by atoms with Crippen LogP contribution in [-0.2, 0) is 0 Å². The zero-order chi connectivity index (χ0) is 14.7. The minimum Gasteiger partial charge on any atom is -0.326 e. The summed E-state index contributed by atoms with van der Waals surface area (Å²) < 4.78 is 1.17. The fraction of sp³-hybridized carbons (Fsp3) is 0.733. The van der Waals surface area contributed by atoms with Crippen molar-refractivity contribution in [2.24, 2.45) is 11.7 Å². The van der Waals surface area contributed by atoms with Gasteiger partial charge in [0.05, 0.1) is 6.04 Å². The van der Waals surface area contributed by atoms with Gasteiger partial charge in [0.1, 0.15) is 0 Å². The van der Waals surface area contributed by atoms with Crippen molar-refractivity contribution in [3.05, 3.63) is 20.8 Å². The van der Waals surface area contributed by atoms with Crippen LogP contribution in [0.2, 0.25) is 0 Å². The van der Waals surface area contributed by atoms with Crippen LogP contribution >= 0.6 is 27.3 Å². The molecule has 0 amide bonds. The van der Waals surface area contributed by atoms with E-state index in [1.165, 1.54) is 28.9 Å². The van der Waals surface area contributed by atoms with Gasteiger partial charge in [0.2, 0.25) is 0 Å². The molecule has 0 bridgehead atoms. The number of rotatable bonds is 6. The average molecular weight is 360 g/mol. The van der Waals surface area contributed by atoms with E-state index >= 15 is 0 Å². The fourth-order valence-electron chi connectivity index (χ4n) is 3.16. The minimum absolute atomic E-state index is 0.199. The normalized spacial score (nSPS) is 23.4. The summed E-state index contributed by atoms with van der Waals surface area (Å²) in [6, 6.07) is 2.76. The number of nitrogens with two attached hydrogens (primary N) is 1. The molecule has 3 atom stereocenters. The molecule has 3 nitrogen and oxygen atoms in total. The first-order valence-corrected chi connectivity index (χ1v) is 9.06. The Balaban J connectivity index is 2.06. The first-order valence-electron chi connectivity index (χ1n) is 7.39. The fourth-order valence-corrected chi connectivity index (χ4v) is 4.84. The predicted molar refractivity (Wildman–Crippen MR) is 91.3 cm³/mol. The van der Waals surface area contributed by atoms with Crippen LogP contribution in [0.3, 0.4) is 0 Å². The molecule has 0 spiro atoms. The molecule has 3 unspecified atom stereocenters. The predicted octanol–water partition coefficient (Wildman–Crippen LogP) is 3.17. The second-order valence-electron chi connectivity index (χ2n) is 6.04. The van der Waals surface area contributed by atoms with Crippen LogP contribution in [0.1, 0.15) is 30.7 Å². The Morgan fingerprint density at radius 2 is 2.35 bits per heavy atom. The van der Waals surface area contributed by atoms with Gasteiger partial charge in [-0.2, -0.15) is 0 Å². The Bertz CT molecular complexity index is 423. The van der Waals surface area contributed by atoms with Crippen molar-refractivity contribution >= 4 is 27.3 Å². The van der Waals surface area contributed by atoms with Crippen LogP contribution in [0.4, 0.5) is 0 Å². The van der Waals surface area contributed by atoms with E-state index in [4.69, 9.17) is 5.73 Å². The summed E-state index contributed by atoms with van der Waals surface area (Å²) >= 11 is 5.37. The second kappa shape index (κ2) is 7.36. The van der Waals surface area contributed by atoms with Gasteiger partial charge in [0, 0.05) is 33.9 Å². The molecule has 1 aromatic rings. The molecule has 0 saturated carbocycles. The van der Waals surface area contributed by atoms with Crippen LogP contribution < -0.4 is 5.73 Å². The minimum atomic E-state index is 0.199. The standard InChI is InChI=1S/C15H26BrN3S/c1-4-13(17)15(14-7-12(16)10-20-14)19(3)9-11-5-6-18(2)8-11/h7,10-11,13,15H,4-6,8-9,17H2,1-3H3. The molecule has 1 aromatic heterocycles. The van der Waals surface area contributed by atoms with E-state index < -0.39 is 0 Å². The lowest BCUT2D eigenvalue weighted by molar-refractivity contribution is 0.183. The van der Waals surface area contributed by atoms with Gasteiger partial charge in [-0.1, -0.05) is 6.92 Å². The Labute approximate surface area is 135 Å². The van der Waals surface area contributed by atoms with Crippen molar-refractivity contribution in [3.63, 3.8) is 0 Å². The molecule has 2 heterocycles. The number of halogens is 1. The number of thiophene rings is 1. The highest BCUT2D eigenvalue weighted by molar-refractivity contribution is 9.10. The van der Waals surface area contributed by atoms with Crippen molar-refractivity contribution in [2.45, 2.75) is 31.8 Å². The van der Waals surface area contributed by atoms with Crippen LogP contribution in [-0.4, -0.2) is 49.6 Å². The number of hydrogen-bond donors (Lipinski definition) is 1. The van der Waals surface area contributed by atoms with E-state index in [-0.39, 0.29) is 6.04 Å². The SMILES string of the molecule is CCC(N)C(c1cc(Br)cs1)N(C)CC1CCN(C)C1. The Morgan fingerprint density at radius 3 is 2.85 bits per heavy atom. The van der Waals surface area contributed by atoms with E-state index in [0.29, 0.717) is 6.04 Å². The van der Waals surface area contributed by atoms with Crippen molar-refractivity contribution in [3.8, 4) is 0 Å². The first-order chi connectivity index (χ1) is 9.51. The summed E-state index contributed by atoms with van der Waals surface area (Å²) in [7, 11) is 4.44. The molecule has 20 heavy (non-hydrogen) atoms. The average Bonchev–Trinajstić information content (AvgIpc) is 2.99. The first kappa shape index (κ1) is 16.4. The van der Waals surface area contributed by atoms with Crippen molar-refractivity contribution < 1.29 is 0 Å². The number of likely N-dealkylation sites (tertiary alicyclic amines) is 1. The summed E-state index contributed by atoms with van der Waals surface area (Å²) in [6.07, 6.45) is 2.32. The van der Waals surface area contributed by atoms with Crippen LogP contribution in [0.25, 0.3) is 0 Å². The maximum absolute atomic E-state index is 6.40. The molecular weight excluding hydrogens is 334 g/mol. The van der Waals surface area contributed by atoms with Gasteiger partial charge in [0.25, 0.3) is 0 Å². The molecule has 1 aliphatic rings. The lowest BCUT2D eigenvalue weighted by atomic mass is 10.0. The topological polar surface area (TPSA) is 32.5 Å². The molecule has 1 fully saturated rings. The van der Waals surface area contributed by atoms with Gasteiger partial charge in [-0.15, -0.1) is 11.3 Å². The quantitative estimate of drug-likeness (QED) is 0.846. The lowest BCUT2D eigenvalue weighted by Gasteiger charge is -2.33. The van der Waals surface area contributed by atoms with Crippen LogP contribution in [0.5, 0.6) is 0 Å². The molecule has 0 radical (unpaired) electrons. The largest absolute Gasteiger partial charge is 0.326 e.